The summed E-state index contributed by atoms with van der Waals surface area (Å²) in [5, 5.41) is 13.5. The Balaban J connectivity index is 2.30. The van der Waals surface area contributed by atoms with Crippen molar-refractivity contribution in [3.8, 4) is 0 Å². The molecular formula is C8H8ClN5O2S. The molecule has 0 saturated heterocycles. The van der Waals surface area contributed by atoms with Crippen molar-refractivity contribution in [3.63, 3.8) is 0 Å². The van der Waals surface area contributed by atoms with Crippen LogP contribution in [0.15, 0.2) is 23.2 Å². The van der Waals surface area contributed by atoms with Gasteiger partial charge in [0.1, 0.15) is 4.90 Å². The summed E-state index contributed by atoms with van der Waals surface area (Å²) in [6.45, 7) is 1.61. The SMILES string of the molecule is Cc1[nH]ncc1S(=O)(=O)Nc1ccc(Cl)nn1. The van der Waals surface area contributed by atoms with Crippen LogP contribution in [-0.2, 0) is 10.0 Å². The Morgan fingerprint density at radius 3 is 2.65 bits per heavy atom. The molecule has 2 rings (SSSR count). The largest absolute Gasteiger partial charge is 0.281 e. The van der Waals surface area contributed by atoms with Gasteiger partial charge in [-0.25, -0.2) is 8.42 Å². The van der Waals surface area contributed by atoms with E-state index in [1.807, 2.05) is 0 Å². The van der Waals surface area contributed by atoms with Crippen molar-refractivity contribution in [2.45, 2.75) is 11.8 Å². The molecule has 0 aliphatic carbocycles. The smallest absolute Gasteiger partial charge is 0.266 e. The maximum atomic E-state index is 11.9. The van der Waals surface area contributed by atoms with Crippen LogP contribution in [0.4, 0.5) is 5.82 Å². The number of hydrogen-bond donors (Lipinski definition) is 2. The van der Waals surface area contributed by atoms with Crippen LogP contribution in [0.1, 0.15) is 5.69 Å². The Hall–Kier alpha value is -1.67. The first kappa shape index (κ1) is 11.8. The van der Waals surface area contributed by atoms with Gasteiger partial charge in [0.15, 0.2) is 11.0 Å². The van der Waals surface area contributed by atoms with Gasteiger partial charge in [0.05, 0.1) is 11.9 Å². The van der Waals surface area contributed by atoms with E-state index in [0.717, 1.165) is 0 Å². The molecule has 0 bridgehead atoms. The van der Waals surface area contributed by atoms with Crippen LogP contribution in [0, 0.1) is 6.92 Å². The highest BCUT2D eigenvalue weighted by Crippen LogP contribution is 2.15. The minimum Gasteiger partial charge on any atom is -0.281 e. The van der Waals surface area contributed by atoms with Crippen molar-refractivity contribution < 1.29 is 8.42 Å². The molecule has 17 heavy (non-hydrogen) atoms. The lowest BCUT2D eigenvalue weighted by Crippen LogP contribution is -2.14. The van der Waals surface area contributed by atoms with Crippen molar-refractivity contribution in [1.82, 2.24) is 20.4 Å². The molecular weight excluding hydrogens is 266 g/mol. The van der Waals surface area contributed by atoms with Crippen LogP contribution in [-0.4, -0.2) is 28.8 Å². The maximum absolute atomic E-state index is 11.9. The number of H-pyrrole nitrogens is 1. The fourth-order valence-electron chi connectivity index (χ4n) is 1.17. The molecule has 0 aromatic carbocycles. The summed E-state index contributed by atoms with van der Waals surface area (Å²) < 4.78 is 26.1. The molecule has 0 aliphatic rings. The van der Waals surface area contributed by atoms with Crippen molar-refractivity contribution >= 4 is 27.4 Å². The molecule has 0 spiro atoms. The number of nitrogens with zero attached hydrogens (tertiary/aromatic N) is 3. The minimum absolute atomic E-state index is 0.0641. The Kier molecular flexibility index (Phi) is 2.99. The van der Waals surface area contributed by atoms with Crippen LogP contribution in [0.25, 0.3) is 0 Å². The highest BCUT2D eigenvalue weighted by atomic mass is 35.5. The first-order valence-electron chi connectivity index (χ1n) is 4.51. The molecule has 2 aromatic heterocycles. The van der Waals surface area contributed by atoms with Gasteiger partial charge in [0.25, 0.3) is 10.0 Å². The van der Waals surface area contributed by atoms with Gasteiger partial charge in [-0.05, 0) is 19.1 Å². The number of aromatic amines is 1. The first-order valence-corrected chi connectivity index (χ1v) is 6.37. The second-order valence-electron chi connectivity index (χ2n) is 3.21. The third kappa shape index (κ3) is 2.53. The zero-order valence-corrected chi connectivity index (χ0v) is 10.2. The number of hydrogen-bond acceptors (Lipinski definition) is 5. The number of aryl methyl sites for hydroxylation is 1. The average molecular weight is 274 g/mol. The Morgan fingerprint density at radius 1 is 1.35 bits per heavy atom. The van der Waals surface area contributed by atoms with Crippen LogP contribution in [0.3, 0.4) is 0 Å². The molecule has 9 heteroatoms. The van der Waals surface area contributed by atoms with Gasteiger partial charge in [0, 0.05) is 0 Å². The number of halogens is 1. The topological polar surface area (TPSA) is 101 Å². The van der Waals surface area contributed by atoms with Gasteiger partial charge in [-0.2, -0.15) is 5.10 Å². The molecule has 0 fully saturated rings. The van der Waals surface area contributed by atoms with Crippen LogP contribution in [0.2, 0.25) is 5.15 Å². The van der Waals surface area contributed by atoms with E-state index in [1.54, 1.807) is 6.92 Å². The number of nitrogens with one attached hydrogen (secondary N) is 2. The molecule has 2 heterocycles. The van der Waals surface area contributed by atoms with Crippen LogP contribution >= 0.6 is 11.6 Å². The van der Waals surface area contributed by atoms with Gasteiger partial charge in [0.2, 0.25) is 0 Å². The van der Waals surface area contributed by atoms with Gasteiger partial charge >= 0.3 is 0 Å². The lowest BCUT2D eigenvalue weighted by atomic mass is 10.5. The summed E-state index contributed by atoms with van der Waals surface area (Å²) in [7, 11) is -3.70. The summed E-state index contributed by atoms with van der Waals surface area (Å²) >= 11 is 5.54. The van der Waals surface area contributed by atoms with Crippen molar-refractivity contribution in [2.24, 2.45) is 0 Å². The first-order chi connectivity index (χ1) is 7.99. The van der Waals surface area contributed by atoms with Gasteiger partial charge in [-0.3, -0.25) is 9.82 Å². The fraction of sp³-hybridized carbons (Fsp3) is 0.125. The summed E-state index contributed by atoms with van der Waals surface area (Å²) in [5.41, 5.74) is 0.444. The van der Waals surface area contributed by atoms with E-state index in [9.17, 15) is 8.42 Å². The predicted molar refractivity (Wildman–Crippen MR) is 61.2 cm³/mol. The number of rotatable bonds is 3. The van der Waals surface area contributed by atoms with Gasteiger partial charge < -0.3 is 0 Å². The Labute approximate surface area is 102 Å². The van der Waals surface area contributed by atoms with E-state index in [1.165, 1.54) is 18.3 Å². The van der Waals surface area contributed by atoms with E-state index < -0.39 is 10.0 Å². The third-order valence-corrected chi connectivity index (χ3v) is 3.61. The van der Waals surface area contributed by atoms with E-state index in [2.05, 4.69) is 25.1 Å². The lowest BCUT2D eigenvalue weighted by Gasteiger charge is -2.05. The zero-order chi connectivity index (χ0) is 12.5. The van der Waals surface area contributed by atoms with Crippen molar-refractivity contribution in [3.05, 3.63) is 29.2 Å². The third-order valence-electron chi connectivity index (χ3n) is 1.94. The molecule has 90 valence electrons. The maximum Gasteiger partial charge on any atom is 0.266 e. The minimum atomic E-state index is -3.70. The molecule has 2 N–H and O–H groups in total. The Morgan fingerprint density at radius 2 is 2.12 bits per heavy atom. The second-order valence-corrected chi connectivity index (χ2v) is 5.24. The summed E-state index contributed by atoms with van der Waals surface area (Å²) in [6, 6.07) is 2.86. The molecule has 0 amide bonds. The number of sulfonamides is 1. The van der Waals surface area contributed by atoms with E-state index in [4.69, 9.17) is 11.6 Å². The Bertz CT molecular complexity index is 622. The molecule has 0 saturated carbocycles. The quantitative estimate of drug-likeness (QED) is 0.867. The predicted octanol–water partition coefficient (Wildman–Crippen LogP) is 0.962. The summed E-state index contributed by atoms with van der Waals surface area (Å²) in [4.78, 5) is 0.0641. The van der Waals surface area contributed by atoms with Gasteiger partial charge in [-0.15, -0.1) is 10.2 Å². The highest BCUT2D eigenvalue weighted by Gasteiger charge is 2.19. The van der Waals surface area contributed by atoms with E-state index in [0.29, 0.717) is 5.69 Å². The molecule has 0 aliphatic heterocycles. The van der Waals surface area contributed by atoms with Crippen LogP contribution in [0.5, 0.6) is 0 Å². The highest BCUT2D eigenvalue weighted by molar-refractivity contribution is 7.92. The van der Waals surface area contributed by atoms with Crippen LogP contribution < -0.4 is 4.72 Å². The number of anilines is 1. The van der Waals surface area contributed by atoms with E-state index >= 15 is 0 Å². The molecule has 2 aromatic rings. The van der Waals surface area contributed by atoms with Crippen molar-refractivity contribution in [1.29, 1.82) is 0 Å². The summed E-state index contributed by atoms with van der Waals surface area (Å²) in [6.07, 6.45) is 1.22. The molecule has 0 radical (unpaired) electrons. The second kappa shape index (κ2) is 4.30. The zero-order valence-electron chi connectivity index (χ0n) is 8.68. The van der Waals surface area contributed by atoms with E-state index in [-0.39, 0.29) is 15.9 Å². The van der Waals surface area contributed by atoms with Gasteiger partial charge in [-0.1, -0.05) is 11.6 Å². The molecule has 0 unspecified atom stereocenters. The standard InChI is InChI=1S/C8H8ClN5O2S/c1-5-6(4-10-11-5)17(15,16)14-8-3-2-7(9)12-13-8/h2-4H,1H3,(H,10,11)(H,13,14). The normalized spacial score (nSPS) is 11.4. The van der Waals surface area contributed by atoms with Crippen molar-refractivity contribution in [2.75, 3.05) is 4.72 Å². The average Bonchev–Trinajstić information content (AvgIpc) is 2.68. The lowest BCUT2D eigenvalue weighted by molar-refractivity contribution is 0.600. The molecule has 7 nitrogen and oxygen atoms in total. The monoisotopic (exact) mass is 273 g/mol. The fourth-order valence-corrected chi connectivity index (χ4v) is 2.41. The summed E-state index contributed by atoms with van der Waals surface area (Å²) in [5.74, 6) is 0.0926. The number of aromatic nitrogens is 4. The molecule has 0 atom stereocenters.